The van der Waals surface area contributed by atoms with Crippen LogP contribution in [0.4, 0.5) is 0 Å². The summed E-state index contributed by atoms with van der Waals surface area (Å²) in [5.74, 6) is 3.40. The van der Waals surface area contributed by atoms with Crippen molar-refractivity contribution in [3.05, 3.63) is 84.4 Å². The van der Waals surface area contributed by atoms with Crippen LogP contribution in [0.15, 0.2) is 78.9 Å². The van der Waals surface area contributed by atoms with Gasteiger partial charge in [-0.2, -0.15) is 0 Å². The zero-order chi connectivity index (χ0) is 23.5. The maximum absolute atomic E-state index is 9.95. The van der Waals surface area contributed by atoms with E-state index < -0.39 is 0 Å². The van der Waals surface area contributed by atoms with Crippen LogP contribution < -0.4 is 9.47 Å². The van der Waals surface area contributed by atoms with Crippen molar-refractivity contribution in [1.29, 1.82) is 0 Å². The highest BCUT2D eigenvalue weighted by Crippen LogP contribution is 2.40. The van der Waals surface area contributed by atoms with Gasteiger partial charge in [0.1, 0.15) is 29.6 Å². The first-order chi connectivity index (χ1) is 16.5. The summed E-state index contributed by atoms with van der Waals surface area (Å²) in [6.45, 7) is 8.39. The largest absolute Gasteiger partial charge is 0.508 e. The molecule has 1 atom stereocenters. The smallest absolute Gasteiger partial charge is 0.143 e. The number of benzene rings is 4. The number of hydrogen-bond donors (Lipinski definition) is 1. The molecular weight excluding hydrogens is 422 g/mol. The van der Waals surface area contributed by atoms with Gasteiger partial charge in [0.05, 0.1) is 0 Å². The van der Waals surface area contributed by atoms with Crippen LogP contribution in [0.1, 0.15) is 18.9 Å². The average Bonchev–Trinajstić information content (AvgIpc) is 3.26. The Kier molecular flexibility index (Phi) is 6.41. The van der Waals surface area contributed by atoms with Gasteiger partial charge in [-0.25, -0.2) is 0 Å². The van der Waals surface area contributed by atoms with Crippen LogP contribution in [0.5, 0.6) is 23.0 Å². The van der Waals surface area contributed by atoms with E-state index in [1.54, 1.807) is 12.1 Å². The molecule has 1 fully saturated rings. The summed E-state index contributed by atoms with van der Waals surface area (Å²) in [6.07, 6.45) is 1.28. The summed E-state index contributed by atoms with van der Waals surface area (Å²) in [6, 6.07) is 25.7. The molecule has 174 valence electrons. The Labute approximate surface area is 201 Å². The number of ether oxygens (including phenoxy) is 2. The van der Waals surface area contributed by atoms with Gasteiger partial charge >= 0.3 is 0 Å². The number of nitrogens with zero attached hydrogens (tertiary/aromatic N) is 1. The summed E-state index contributed by atoms with van der Waals surface area (Å²) in [4.78, 5) is 2.47. The number of likely N-dealkylation sites (tertiary alicyclic amines) is 1. The number of aromatic hydroxyl groups is 1. The minimum absolute atomic E-state index is 0.242. The molecule has 1 N–H and O–H groups in total. The maximum Gasteiger partial charge on any atom is 0.143 e. The number of aryl methyl sites for hydroxylation is 1. The van der Waals surface area contributed by atoms with E-state index in [9.17, 15) is 5.11 Å². The average molecular weight is 454 g/mol. The maximum atomic E-state index is 9.95. The summed E-state index contributed by atoms with van der Waals surface area (Å²) < 4.78 is 12.4. The van der Waals surface area contributed by atoms with Crippen LogP contribution in [0.25, 0.3) is 21.9 Å². The minimum atomic E-state index is 0.242. The topological polar surface area (TPSA) is 41.9 Å². The van der Waals surface area contributed by atoms with Crippen LogP contribution in [-0.2, 0) is 0 Å². The second-order valence-electron chi connectivity index (χ2n) is 9.33. The predicted octanol–water partition coefficient (Wildman–Crippen LogP) is 7.03. The molecule has 0 amide bonds. The Bertz CT molecular complexity index is 1260. The summed E-state index contributed by atoms with van der Waals surface area (Å²) in [5, 5.41) is 11.8. The molecule has 0 saturated carbocycles. The lowest BCUT2D eigenvalue weighted by Gasteiger charge is -2.17. The van der Waals surface area contributed by atoms with Gasteiger partial charge in [0, 0.05) is 24.0 Å². The third kappa shape index (κ3) is 5.02. The highest BCUT2D eigenvalue weighted by atomic mass is 16.5. The monoisotopic (exact) mass is 453 g/mol. The fourth-order valence-electron chi connectivity index (χ4n) is 4.60. The predicted molar refractivity (Wildman–Crippen MR) is 138 cm³/mol. The van der Waals surface area contributed by atoms with Crippen molar-refractivity contribution in [2.24, 2.45) is 5.92 Å². The number of rotatable bonds is 7. The van der Waals surface area contributed by atoms with Gasteiger partial charge in [0.2, 0.25) is 0 Å². The molecule has 0 aliphatic carbocycles. The Hall–Kier alpha value is -3.50. The molecule has 4 nitrogen and oxygen atoms in total. The first-order valence-electron chi connectivity index (χ1n) is 12.0. The van der Waals surface area contributed by atoms with E-state index in [1.165, 1.54) is 25.1 Å². The molecule has 4 heteroatoms. The molecule has 1 aliphatic heterocycles. The van der Waals surface area contributed by atoms with E-state index in [0.29, 0.717) is 6.61 Å². The van der Waals surface area contributed by atoms with Crippen molar-refractivity contribution in [1.82, 2.24) is 4.90 Å². The molecule has 1 unspecified atom stereocenters. The van der Waals surface area contributed by atoms with Gasteiger partial charge in [-0.3, -0.25) is 4.90 Å². The van der Waals surface area contributed by atoms with Gasteiger partial charge in [0.25, 0.3) is 0 Å². The van der Waals surface area contributed by atoms with Crippen LogP contribution in [0.2, 0.25) is 0 Å². The van der Waals surface area contributed by atoms with Gasteiger partial charge < -0.3 is 14.6 Å². The fraction of sp³-hybridized carbons (Fsp3) is 0.267. The Morgan fingerprint density at radius 3 is 2.41 bits per heavy atom. The van der Waals surface area contributed by atoms with Gasteiger partial charge in [0.15, 0.2) is 0 Å². The molecule has 34 heavy (non-hydrogen) atoms. The van der Waals surface area contributed by atoms with Gasteiger partial charge in [-0.15, -0.1) is 0 Å². The van der Waals surface area contributed by atoms with Gasteiger partial charge in [-0.1, -0.05) is 42.8 Å². The second kappa shape index (κ2) is 9.78. The van der Waals surface area contributed by atoms with Crippen LogP contribution in [0.3, 0.4) is 0 Å². The zero-order valence-corrected chi connectivity index (χ0v) is 19.8. The fourth-order valence-corrected chi connectivity index (χ4v) is 4.60. The molecule has 0 spiro atoms. The molecule has 4 aromatic rings. The van der Waals surface area contributed by atoms with Crippen molar-refractivity contribution in [3.63, 3.8) is 0 Å². The van der Waals surface area contributed by atoms with Crippen molar-refractivity contribution in [3.8, 4) is 34.1 Å². The highest BCUT2D eigenvalue weighted by molar-refractivity contribution is 5.96. The molecule has 0 bridgehead atoms. The molecule has 1 saturated heterocycles. The first kappa shape index (κ1) is 22.3. The molecule has 1 aliphatic rings. The summed E-state index contributed by atoms with van der Waals surface area (Å²) >= 11 is 0. The zero-order valence-electron chi connectivity index (χ0n) is 19.8. The van der Waals surface area contributed by atoms with Crippen molar-refractivity contribution in [2.75, 3.05) is 26.2 Å². The standard InChI is InChI=1S/C30H31NO3/c1-21-3-5-23(6-4-21)28-13-7-24-19-25(32)8-14-29(24)30(28)34-27-11-9-26(10-12-27)33-18-17-31-16-15-22(2)20-31/h3-14,19,22,32H,15-18,20H2,1-2H3. The first-order valence-corrected chi connectivity index (χ1v) is 12.0. The van der Waals surface area contributed by atoms with E-state index >= 15 is 0 Å². The van der Waals surface area contributed by atoms with Crippen molar-refractivity contribution in [2.45, 2.75) is 20.3 Å². The Morgan fingerprint density at radius 2 is 1.68 bits per heavy atom. The van der Waals surface area contributed by atoms with Crippen LogP contribution in [-0.4, -0.2) is 36.2 Å². The number of phenols is 1. The highest BCUT2D eigenvalue weighted by Gasteiger charge is 2.18. The number of phenolic OH excluding ortho intramolecular Hbond substituents is 1. The minimum Gasteiger partial charge on any atom is -0.508 e. The molecule has 0 aromatic heterocycles. The van der Waals surface area contributed by atoms with Gasteiger partial charge in [-0.05, 0) is 85.3 Å². The summed E-state index contributed by atoms with van der Waals surface area (Å²) in [5.41, 5.74) is 3.32. The molecule has 0 radical (unpaired) electrons. The molecule has 5 rings (SSSR count). The Balaban J connectivity index is 1.37. The summed E-state index contributed by atoms with van der Waals surface area (Å²) in [7, 11) is 0. The van der Waals surface area contributed by atoms with E-state index in [1.807, 2.05) is 36.4 Å². The molecule has 1 heterocycles. The lowest BCUT2D eigenvalue weighted by atomic mass is 9.98. The normalized spacial score (nSPS) is 16.1. The third-order valence-corrected chi connectivity index (χ3v) is 6.54. The lowest BCUT2D eigenvalue weighted by molar-refractivity contribution is 0.234. The quantitative estimate of drug-likeness (QED) is 0.326. The Morgan fingerprint density at radius 1 is 0.912 bits per heavy atom. The van der Waals surface area contributed by atoms with E-state index in [0.717, 1.165) is 51.6 Å². The lowest BCUT2D eigenvalue weighted by Crippen LogP contribution is -2.25. The molecule has 4 aromatic carbocycles. The van der Waals surface area contributed by atoms with E-state index in [-0.39, 0.29) is 5.75 Å². The second-order valence-corrected chi connectivity index (χ2v) is 9.33. The van der Waals surface area contributed by atoms with Crippen molar-refractivity contribution >= 4 is 10.8 Å². The van der Waals surface area contributed by atoms with E-state index in [2.05, 4.69) is 49.1 Å². The SMILES string of the molecule is Cc1ccc(-c2ccc3cc(O)ccc3c2Oc2ccc(OCCN3CCC(C)C3)cc2)cc1. The number of hydrogen-bond acceptors (Lipinski definition) is 4. The van der Waals surface area contributed by atoms with Crippen LogP contribution in [0, 0.1) is 12.8 Å². The van der Waals surface area contributed by atoms with Crippen molar-refractivity contribution < 1.29 is 14.6 Å². The third-order valence-electron chi connectivity index (χ3n) is 6.54. The molecular formula is C30H31NO3. The van der Waals surface area contributed by atoms with E-state index in [4.69, 9.17) is 9.47 Å². The van der Waals surface area contributed by atoms with Crippen LogP contribution >= 0.6 is 0 Å². The number of fused-ring (bicyclic) bond motifs is 1.